The highest BCUT2D eigenvalue weighted by Crippen LogP contribution is 2.60. The Morgan fingerprint density at radius 2 is 1.27 bits per heavy atom. The molecule has 1 saturated heterocycles. The topological polar surface area (TPSA) is 92.8 Å². The van der Waals surface area contributed by atoms with E-state index in [-0.39, 0.29) is 54.4 Å². The third-order valence-corrected chi connectivity index (χ3v) is 8.50. The minimum absolute atomic E-state index is 0.0759. The number of esters is 1. The number of carbonyl (C=O) groups excluding carboxylic acids is 4. The van der Waals surface area contributed by atoms with Crippen LogP contribution in [0.15, 0.2) is 72.8 Å². The SMILES string of the molecule is Cc1ccc(NC(=O)COC(=O)CCCCCN2C(=O)[C@@H]3C4c5ccccc5C(c5ccccc54)[C@@H]3C2=O)cc1. The Bertz CT molecular complexity index is 1360. The summed E-state index contributed by atoms with van der Waals surface area (Å²) in [5.41, 5.74) is 6.41. The molecule has 3 aromatic carbocycles. The van der Waals surface area contributed by atoms with Gasteiger partial charge in [-0.3, -0.25) is 24.1 Å². The monoisotopic (exact) mass is 536 g/mol. The number of rotatable bonds is 9. The smallest absolute Gasteiger partial charge is 0.306 e. The van der Waals surface area contributed by atoms with Gasteiger partial charge in [-0.25, -0.2) is 0 Å². The quantitative estimate of drug-likeness (QED) is 0.238. The minimum Gasteiger partial charge on any atom is -0.456 e. The third-order valence-electron chi connectivity index (χ3n) is 8.50. The zero-order valence-corrected chi connectivity index (χ0v) is 22.5. The molecule has 1 heterocycles. The second-order valence-electron chi connectivity index (χ2n) is 11.0. The normalized spacial score (nSPS) is 22.0. The van der Waals surface area contributed by atoms with Crippen molar-refractivity contribution < 1.29 is 23.9 Å². The van der Waals surface area contributed by atoms with Gasteiger partial charge in [0.05, 0.1) is 11.8 Å². The van der Waals surface area contributed by atoms with Gasteiger partial charge in [0.25, 0.3) is 5.91 Å². The molecule has 40 heavy (non-hydrogen) atoms. The van der Waals surface area contributed by atoms with Crippen molar-refractivity contribution in [1.82, 2.24) is 4.90 Å². The highest BCUT2D eigenvalue weighted by Gasteiger charge is 2.61. The second kappa shape index (κ2) is 10.7. The molecule has 1 N–H and O–H groups in total. The molecule has 3 aliphatic carbocycles. The lowest BCUT2D eigenvalue weighted by atomic mass is 9.55. The van der Waals surface area contributed by atoms with Crippen molar-refractivity contribution in [2.24, 2.45) is 11.8 Å². The third kappa shape index (κ3) is 4.59. The van der Waals surface area contributed by atoms with Crippen LogP contribution in [0.1, 0.15) is 65.3 Å². The van der Waals surface area contributed by atoms with Gasteiger partial charge < -0.3 is 10.1 Å². The zero-order valence-electron chi connectivity index (χ0n) is 22.5. The number of hydrogen-bond acceptors (Lipinski definition) is 5. The fraction of sp³-hybridized carbons (Fsp3) is 0.333. The molecule has 0 spiro atoms. The van der Waals surface area contributed by atoms with Gasteiger partial charge in [-0.2, -0.15) is 0 Å². The number of hydrogen-bond donors (Lipinski definition) is 1. The molecule has 1 aliphatic heterocycles. The molecule has 0 aromatic heterocycles. The van der Waals surface area contributed by atoms with Gasteiger partial charge in [-0.05, 0) is 54.2 Å². The summed E-state index contributed by atoms with van der Waals surface area (Å²) < 4.78 is 5.10. The molecule has 0 unspecified atom stereocenters. The molecule has 7 heteroatoms. The first-order chi connectivity index (χ1) is 19.4. The lowest BCUT2D eigenvalue weighted by Gasteiger charge is -2.45. The number of anilines is 1. The van der Waals surface area contributed by atoms with Gasteiger partial charge in [-0.1, -0.05) is 72.6 Å². The van der Waals surface area contributed by atoms with E-state index in [4.69, 9.17) is 4.74 Å². The number of ether oxygens (including phenoxy) is 1. The number of amides is 3. The van der Waals surface area contributed by atoms with E-state index < -0.39 is 5.97 Å². The summed E-state index contributed by atoms with van der Waals surface area (Å²) >= 11 is 0. The summed E-state index contributed by atoms with van der Waals surface area (Å²) in [5, 5.41) is 2.70. The predicted octanol–water partition coefficient (Wildman–Crippen LogP) is 4.93. The lowest BCUT2D eigenvalue weighted by Crippen LogP contribution is -2.41. The number of aryl methyl sites for hydroxylation is 1. The van der Waals surface area contributed by atoms with Crippen molar-refractivity contribution in [3.8, 4) is 0 Å². The van der Waals surface area contributed by atoms with Crippen molar-refractivity contribution in [2.45, 2.75) is 44.4 Å². The van der Waals surface area contributed by atoms with Crippen LogP contribution < -0.4 is 5.32 Å². The number of likely N-dealkylation sites (tertiary alicyclic amines) is 1. The molecule has 2 bridgehead atoms. The molecule has 7 nitrogen and oxygen atoms in total. The van der Waals surface area contributed by atoms with Crippen molar-refractivity contribution in [1.29, 1.82) is 0 Å². The van der Waals surface area contributed by atoms with Gasteiger partial charge >= 0.3 is 5.97 Å². The number of nitrogens with zero attached hydrogens (tertiary/aromatic N) is 1. The van der Waals surface area contributed by atoms with E-state index in [0.717, 1.165) is 5.56 Å². The Kier molecular flexibility index (Phi) is 6.96. The molecule has 2 atom stereocenters. The summed E-state index contributed by atoms with van der Waals surface area (Å²) in [6.07, 6.45) is 2.03. The number of imide groups is 1. The number of benzene rings is 3. The summed E-state index contributed by atoms with van der Waals surface area (Å²) in [7, 11) is 0. The van der Waals surface area contributed by atoms with Gasteiger partial charge in [-0.15, -0.1) is 0 Å². The molecule has 204 valence electrons. The maximum atomic E-state index is 13.6. The van der Waals surface area contributed by atoms with Crippen LogP contribution in [0.3, 0.4) is 0 Å². The summed E-state index contributed by atoms with van der Waals surface area (Å²) in [4.78, 5) is 52.8. The Balaban J connectivity index is 1.000. The van der Waals surface area contributed by atoms with Crippen LogP contribution in [0.25, 0.3) is 0 Å². The van der Waals surface area contributed by atoms with Gasteiger partial charge in [0.2, 0.25) is 11.8 Å². The second-order valence-corrected chi connectivity index (χ2v) is 11.0. The van der Waals surface area contributed by atoms with E-state index in [2.05, 4.69) is 29.6 Å². The molecule has 3 amide bonds. The van der Waals surface area contributed by atoms with Gasteiger partial charge in [0.15, 0.2) is 6.61 Å². The largest absolute Gasteiger partial charge is 0.456 e. The van der Waals surface area contributed by atoms with E-state index >= 15 is 0 Å². The predicted molar refractivity (Wildman–Crippen MR) is 150 cm³/mol. The van der Waals surface area contributed by atoms with Crippen LogP contribution in [0.5, 0.6) is 0 Å². The first kappa shape index (κ1) is 26.0. The van der Waals surface area contributed by atoms with Gasteiger partial charge in [0.1, 0.15) is 0 Å². The molecule has 7 rings (SSSR count). The molecule has 4 aliphatic rings. The Labute approximate surface area is 233 Å². The maximum absolute atomic E-state index is 13.6. The standard InChI is InChI=1S/C33H32N2O5/c1-20-14-16-21(17-15-20)34-26(36)19-40-27(37)13-3-2-8-18-35-32(38)30-28-22-9-4-5-10-23(22)29(31(30)33(35)39)25-12-7-6-11-24(25)28/h4-7,9-12,14-17,28-31H,2-3,8,13,18-19H2,1H3,(H,34,36)/t28?,29?,30-,31+. The summed E-state index contributed by atoms with van der Waals surface area (Å²) in [6, 6.07) is 23.8. The molecule has 3 aromatic rings. The minimum atomic E-state index is -0.439. The fourth-order valence-corrected chi connectivity index (χ4v) is 6.73. The van der Waals surface area contributed by atoms with Crippen molar-refractivity contribution in [2.75, 3.05) is 18.5 Å². The molecular weight excluding hydrogens is 504 g/mol. The van der Waals surface area contributed by atoms with E-state index in [0.29, 0.717) is 31.5 Å². The zero-order chi connectivity index (χ0) is 27.8. The highest BCUT2D eigenvalue weighted by molar-refractivity contribution is 6.07. The Hall–Kier alpha value is -4.26. The van der Waals surface area contributed by atoms with E-state index in [1.807, 2.05) is 43.3 Å². The van der Waals surface area contributed by atoms with E-state index in [1.165, 1.54) is 27.2 Å². The number of carbonyl (C=O) groups is 4. The van der Waals surface area contributed by atoms with Gasteiger partial charge in [0, 0.05) is 30.5 Å². The van der Waals surface area contributed by atoms with E-state index in [1.54, 1.807) is 12.1 Å². The average molecular weight is 537 g/mol. The number of unbranched alkanes of at least 4 members (excludes halogenated alkanes) is 2. The first-order valence-corrected chi connectivity index (χ1v) is 14.0. The van der Waals surface area contributed by atoms with Crippen LogP contribution in [-0.4, -0.2) is 41.7 Å². The molecular formula is C33H32N2O5. The van der Waals surface area contributed by atoms with E-state index in [9.17, 15) is 19.2 Å². The Morgan fingerprint density at radius 3 is 1.80 bits per heavy atom. The molecule has 0 radical (unpaired) electrons. The number of nitrogens with one attached hydrogen (secondary N) is 1. The van der Waals surface area contributed by atoms with Crippen LogP contribution in [-0.2, 0) is 23.9 Å². The highest BCUT2D eigenvalue weighted by atomic mass is 16.5. The van der Waals surface area contributed by atoms with Crippen LogP contribution in [0.4, 0.5) is 5.69 Å². The van der Waals surface area contributed by atoms with Crippen molar-refractivity contribution in [3.63, 3.8) is 0 Å². The van der Waals surface area contributed by atoms with Crippen LogP contribution in [0, 0.1) is 18.8 Å². The summed E-state index contributed by atoms with van der Waals surface area (Å²) in [5.74, 6) is -1.88. The molecule has 1 fully saturated rings. The fourth-order valence-electron chi connectivity index (χ4n) is 6.73. The maximum Gasteiger partial charge on any atom is 0.306 e. The Morgan fingerprint density at radius 1 is 0.750 bits per heavy atom. The van der Waals surface area contributed by atoms with Crippen LogP contribution in [0.2, 0.25) is 0 Å². The van der Waals surface area contributed by atoms with Crippen LogP contribution >= 0.6 is 0 Å². The average Bonchev–Trinajstić information content (AvgIpc) is 3.22. The molecule has 0 saturated carbocycles. The first-order valence-electron chi connectivity index (χ1n) is 14.0. The van der Waals surface area contributed by atoms with Crippen molar-refractivity contribution >= 4 is 29.4 Å². The summed E-state index contributed by atoms with van der Waals surface area (Å²) in [6.45, 7) is 1.98. The van der Waals surface area contributed by atoms with Crippen molar-refractivity contribution in [3.05, 3.63) is 101 Å². The lowest BCUT2D eigenvalue weighted by molar-refractivity contribution is -0.147.